The largest absolute Gasteiger partial charge is 0.325 e. The molecule has 1 N–H and O–H groups in total. The summed E-state index contributed by atoms with van der Waals surface area (Å²) in [4.78, 5) is 13.4. The van der Waals surface area contributed by atoms with Gasteiger partial charge in [-0.05, 0) is 47.7 Å². The maximum Gasteiger partial charge on any atom is 0.234 e. The maximum atomic E-state index is 12.4. The Morgan fingerprint density at radius 1 is 1.11 bits per heavy atom. The van der Waals surface area contributed by atoms with E-state index in [9.17, 15) is 4.79 Å². The fraction of sp³-hybridized carbons (Fsp3) is 0.150. The second-order valence-corrected chi connectivity index (χ2v) is 7.94. The molecule has 0 saturated heterocycles. The van der Waals surface area contributed by atoms with Gasteiger partial charge >= 0.3 is 0 Å². The Labute approximate surface area is 171 Å². The van der Waals surface area contributed by atoms with Crippen molar-refractivity contribution in [2.75, 3.05) is 11.1 Å². The molecule has 1 amide bonds. The summed E-state index contributed by atoms with van der Waals surface area (Å²) in [5, 5.41) is 14.3. The van der Waals surface area contributed by atoms with Gasteiger partial charge < -0.3 is 5.32 Å². The van der Waals surface area contributed by atoms with E-state index in [1.165, 1.54) is 17.3 Å². The number of nitrogens with one attached hydrogen (secondary N) is 1. The Hall–Kier alpha value is -2.84. The number of anilines is 1. The summed E-state index contributed by atoms with van der Waals surface area (Å²) < 4.78 is 3.83. The molecule has 0 aliphatic heterocycles. The van der Waals surface area contributed by atoms with Crippen LogP contribution in [-0.2, 0) is 11.2 Å². The van der Waals surface area contributed by atoms with Crippen LogP contribution in [0.5, 0.6) is 0 Å². The van der Waals surface area contributed by atoms with Crippen molar-refractivity contribution in [1.29, 1.82) is 0 Å². The van der Waals surface area contributed by atoms with Crippen LogP contribution in [0.2, 0.25) is 0 Å². The molecule has 1 aromatic carbocycles. The fourth-order valence-corrected chi connectivity index (χ4v) is 4.16. The zero-order valence-corrected chi connectivity index (χ0v) is 16.9. The number of amides is 1. The van der Waals surface area contributed by atoms with Gasteiger partial charge in [0.15, 0.2) is 5.82 Å². The van der Waals surface area contributed by atoms with Crippen LogP contribution in [0, 0.1) is 0 Å². The van der Waals surface area contributed by atoms with Gasteiger partial charge in [-0.15, -0.1) is 21.5 Å². The molecule has 0 aliphatic carbocycles. The van der Waals surface area contributed by atoms with Crippen LogP contribution >= 0.6 is 23.1 Å². The minimum absolute atomic E-state index is 0.0750. The molecule has 8 heteroatoms. The number of hydrogen-bond donors (Lipinski definition) is 1. The van der Waals surface area contributed by atoms with Crippen molar-refractivity contribution >= 4 is 34.7 Å². The van der Waals surface area contributed by atoms with Gasteiger partial charge in [0.25, 0.3) is 0 Å². The zero-order chi connectivity index (χ0) is 19.3. The molecule has 0 unspecified atom stereocenters. The molecule has 6 nitrogen and oxygen atoms in total. The molecule has 3 heterocycles. The van der Waals surface area contributed by atoms with Crippen LogP contribution in [0.3, 0.4) is 0 Å². The third-order valence-electron chi connectivity index (χ3n) is 4.15. The monoisotopic (exact) mass is 409 g/mol. The SMILES string of the molecule is CCc1ccc(NC(=O)CSc2nnc(-c3cccs3)n2-n2cccc2)cc1. The molecule has 0 fully saturated rings. The Bertz CT molecular complexity index is 1040. The van der Waals surface area contributed by atoms with Gasteiger partial charge in [-0.25, -0.2) is 4.68 Å². The highest BCUT2D eigenvalue weighted by Crippen LogP contribution is 2.27. The highest BCUT2D eigenvalue weighted by atomic mass is 32.2. The van der Waals surface area contributed by atoms with Gasteiger partial charge in [0, 0.05) is 18.1 Å². The van der Waals surface area contributed by atoms with E-state index in [0.717, 1.165) is 22.8 Å². The van der Waals surface area contributed by atoms with E-state index >= 15 is 0 Å². The van der Waals surface area contributed by atoms with E-state index in [1.807, 2.05) is 75.7 Å². The maximum absolute atomic E-state index is 12.4. The number of thiophene rings is 1. The number of benzene rings is 1. The van der Waals surface area contributed by atoms with Crippen LogP contribution in [0.4, 0.5) is 5.69 Å². The summed E-state index contributed by atoms with van der Waals surface area (Å²) in [6.45, 7) is 2.11. The summed E-state index contributed by atoms with van der Waals surface area (Å²) in [6.07, 6.45) is 4.84. The summed E-state index contributed by atoms with van der Waals surface area (Å²) in [6, 6.07) is 15.8. The Kier molecular flexibility index (Phi) is 5.59. The predicted molar refractivity (Wildman–Crippen MR) is 114 cm³/mol. The number of hydrogen-bond acceptors (Lipinski definition) is 5. The van der Waals surface area contributed by atoms with Crippen molar-refractivity contribution in [3.63, 3.8) is 0 Å². The molecule has 28 heavy (non-hydrogen) atoms. The lowest BCUT2D eigenvalue weighted by Crippen LogP contribution is -2.15. The zero-order valence-electron chi connectivity index (χ0n) is 15.3. The molecule has 0 aliphatic rings. The number of aromatic nitrogens is 4. The fourth-order valence-electron chi connectivity index (χ4n) is 2.73. The summed E-state index contributed by atoms with van der Waals surface area (Å²) in [5.74, 6) is 0.928. The first kappa shape index (κ1) is 18.5. The minimum atomic E-state index is -0.0750. The van der Waals surface area contributed by atoms with Crippen LogP contribution in [-0.4, -0.2) is 31.2 Å². The van der Waals surface area contributed by atoms with E-state index in [4.69, 9.17) is 0 Å². The first-order valence-electron chi connectivity index (χ1n) is 8.89. The van der Waals surface area contributed by atoms with E-state index in [-0.39, 0.29) is 11.7 Å². The van der Waals surface area contributed by atoms with Gasteiger partial charge in [-0.1, -0.05) is 36.9 Å². The highest BCUT2D eigenvalue weighted by Gasteiger charge is 2.17. The number of nitrogens with zero attached hydrogens (tertiary/aromatic N) is 4. The first-order chi connectivity index (χ1) is 13.7. The lowest BCUT2D eigenvalue weighted by Gasteiger charge is -2.10. The van der Waals surface area contributed by atoms with Crippen molar-refractivity contribution < 1.29 is 4.79 Å². The van der Waals surface area contributed by atoms with Crippen molar-refractivity contribution in [3.8, 4) is 10.7 Å². The molecule has 0 radical (unpaired) electrons. The van der Waals surface area contributed by atoms with Gasteiger partial charge in [0.05, 0.1) is 10.6 Å². The van der Waals surface area contributed by atoms with Crippen LogP contribution in [0.1, 0.15) is 12.5 Å². The third-order valence-corrected chi connectivity index (χ3v) is 5.94. The Morgan fingerprint density at radius 3 is 2.57 bits per heavy atom. The molecule has 142 valence electrons. The molecule has 3 aromatic heterocycles. The van der Waals surface area contributed by atoms with Crippen LogP contribution in [0.25, 0.3) is 10.7 Å². The number of thioether (sulfide) groups is 1. The van der Waals surface area contributed by atoms with Gasteiger partial charge in [-0.3, -0.25) is 9.47 Å². The van der Waals surface area contributed by atoms with Gasteiger partial charge in [0.2, 0.25) is 11.1 Å². The second-order valence-electron chi connectivity index (χ2n) is 6.05. The van der Waals surface area contributed by atoms with E-state index in [1.54, 1.807) is 11.3 Å². The van der Waals surface area contributed by atoms with E-state index in [2.05, 4.69) is 22.4 Å². The summed E-state index contributed by atoms with van der Waals surface area (Å²) >= 11 is 2.96. The summed E-state index contributed by atoms with van der Waals surface area (Å²) in [5.41, 5.74) is 2.04. The van der Waals surface area contributed by atoms with Gasteiger partial charge in [0.1, 0.15) is 0 Å². The van der Waals surface area contributed by atoms with Crippen molar-refractivity contribution in [2.24, 2.45) is 0 Å². The lowest BCUT2D eigenvalue weighted by atomic mass is 10.1. The molecule has 0 bridgehead atoms. The molecular formula is C20H19N5OS2. The van der Waals surface area contributed by atoms with E-state index in [0.29, 0.717) is 5.16 Å². The predicted octanol–water partition coefficient (Wildman–Crippen LogP) is 4.41. The molecule has 0 spiro atoms. The Balaban J connectivity index is 1.49. The number of carbonyl (C=O) groups excluding carboxylic acids is 1. The van der Waals surface area contributed by atoms with Crippen molar-refractivity contribution in [3.05, 3.63) is 71.9 Å². The average Bonchev–Trinajstić information content (AvgIpc) is 3.47. The minimum Gasteiger partial charge on any atom is -0.325 e. The first-order valence-corrected chi connectivity index (χ1v) is 10.8. The van der Waals surface area contributed by atoms with Crippen LogP contribution in [0.15, 0.2) is 71.5 Å². The standard InChI is InChI=1S/C20H19N5OS2/c1-2-15-7-9-16(10-8-15)21-18(26)14-28-20-23-22-19(17-6-5-13-27-17)25(20)24-11-3-4-12-24/h3-13H,2,14H2,1H3,(H,21,26). The number of rotatable bonds is 7. The quantitative estimate of drug-likeness (QED) is 0.459. The third kappa shape index (κ3) is 4.02. The molecule has 4 aromatic rings. The molecule has 4 rings (SSSR count). The number of carbonyl (C=O) groups is 1. The summed E-state index contributed by atoms with van der Waals surface area (Å²) in [7, 11) is 0. The normalized spacial score (nSPS) is 10.9. The van der Waals surface area contributed by atoms with E-state index < -0.39 is 0 Å². The molecular weight excluding hydrogens is 390 g/mol. The lowest BCUT2D eigenvalue weighted by molar-refractivity contribution is -0.113. The number of aryl methyl sites for hydroxylation is 1. The second kappa shape index (κ2) is 8.45. The average molecular weight is 410 g/mol. The van der Waals surface area contributed by atoms with Gasteiger partial charge in [-0.2, -0.15) is 0 Å². The van der Waals surface area contributed by atoms with Crippen molar-refractivity contribution in [1.82, 2.24) is 19.5 Å². The smallest absolute Gasteiger partial charge is 0.234 e. The highest BCUT2D eigenvalue weighted by molar-refractivity contribution is 7.99. The molecule has 0 saturated carbocycles. The molecule has 0 atom stereocenters. The topological polar surface area (TPSA) is 64.7 Å². The van der Waals surface area contributed by atoms with Crippen molar-refractivity contribution in [2.45, 2.75) is 18.5 Å². The Morgan fingerprint density at radius 2 is 1.89 bits per heavy atom. The van der Waals surface area contributed by atoms with Crippen LogP contribution < -0.4 is 5.32 Å².